The van der Waals surface area contributed by atoms with Crippen LogP contribution in [0.3, 0.4) is 0 Å². The summed E-state index contributed by atoms with van der Waals surface area (Å²) in [6, 6.07) is 7.85. The Kier molecular flexibility index (Phi) is 5.45. The van der Waals surface area contributed by atoms with Crippen molar-refractivity contribution in [2.24, 2.45) is 4.99 Å². The predicted octanol–water partition coefficient (Wildman–Crippen LogP) is 3.55. The number of hydrogen-bond acceptors (Lipinski definition) is 6. The molecule has 3 rings (SSSR count). The molecule has 0 fully saturated rings. The van der Waals surface area contributed by atoms with E-state index in [1.54, 1.807) is 10.8 Å². The second-order valence-electron chi connectivity index (χ2n) is 5.77. The molecule has 0 bridgehead atoms. The number of aliphatic imine (C=N–C) groups is 1. The number of unbranched alkanes of at least 4 members (excludes halogenated alkanes) is 2. The number of rotatable bonds is 7. The van der Waals surface area contributed by atoms with Gasteiger partial charge in [-0.2, -0.15) is 0 Å². The number of aromatic hydroxyl groups is 1. The monoisotopic (exact) mass is 373 g/mol. The number of aliphatic carboxylic acids is 1. The van der Waals surface area contributed by atoms with Crippen LogP contribution in [-0.2, 0) is 11.3 Å². The summed E-state index contributed by atoms with van der Waals surface area (Å²) in [6.45, 7) is 0.571. The van der Waals surface area contributed by atoms with Crippen LogP contribution in [0.1, 0.15) is 36.1 Å². The number of benzene rings is 1. The molecule has 1 aliphatic heterocycles. The first kappa shape index (κ1) is 17.6. The van der Waals surface area contributed by atoms with E-state index in [0.29, 0.717) is 21.8 Å². The Hall–Kier alpha value is -2.25. The average molecular weight is 373 g/mol. The third kappa shape index (κ3) is 4.05. The van der Waals surface area contributed by atoms with Crippen molar-refractivity contribution in [3.63, 3.8) is 0 Å². The maximum Gasteiger partial charge on any atom is 0.210 e. The van der Waals surface area contributed by atoms with E-state index < -0.39 is 5.97 Å². The van der Waals surface area contributed by atoms with Crippen LogP contribution in [0.5, 0.6) is 5.88 Å². The lowest BCUT2D eigenvalue weighted by Gasteiger charge is -2.05. The molecular formula is C18H17N2O3S2-. The van der Waals surface area contributed by atoms with Crippen LogP contribution in [-0.4, -0.2) is 21.9 Å². The second-order valence-corrected chi connectivity index (χ2v) is 7.44. The molecule has 0 saturated carbocycles. The number of aromatic nitrogens is 1. The maximum atomic E-state index is 10.5. The Labute approximate surface area is 154 Å². The lowest BCUT2D eigenvalue weighted by Crippen LogP contribution is -2.21. The fourth-order valence-corrected chi connectivity index (χ4v) is 4.03. The van der Waals surface area contributed by atoms with E-state index in [2.05, 4.69) is 4.99 Å². The summed E-state index contributed by atoms with van der Waals surface area (Å²) in [5.41, 5.74) is 2.91. The molecule has 0 spiro atoms. The molecule has 0 atom stereocenters. The van der Waals surface area contributed by atoms with E-state index in [4.69, 9.17) is 12.2 Å². The topological polar surface area (TPSA) is 77.6 Å². The first-order valence-corrected chi connectivity index (χ1v) is 9.26. The number of hydrogen-bond donors (Lipinski definition) is 1. The molecule has 1 aromatic carbocycles. The third-order valence-corrected chi connectivity index (χ3v) is 5.39. The average Bonchev–Trinajstić information content (AvgIpc) is 3.10. The number of carbonyl (C=O) groups is 1. The summed E-state index contributed by atoms with van der Waals surface area (Å²) >= 11 is 6.71. The molecule has 0 aliphatic carbocycles. The standard InChI is InChI=1S/C18H18N2O3S2/c21-16(22)8-2-1-5-9-20-17(23)15(25-18(20)24)10-12-11-19-14-7-4-3-6-13(12)14/h3-4,6-7,10-11,23H,1-2,5,8-9H2,(H,21,22)/p-1/b12-10+. The van der Waals surface area contributed by atoms with Gasteiger partial charge in [-0.3, -0.25) is 9.56 Å². The molecule has 130 valence electrons. The second kappa shape index (κ2) is 7.76. The highest BCUT2D eigenvalue weighted by molar-refractivity contribution is 7.73. The van der Waals surface area contributed by atoms with Gasteiger partial charge in [-0.15, -0.1) is 11.3 Å². The first-order valence-electron chi connectivity index (χ1n) is 8.04. The van der Waals surface area contributed by atoms with Crippen LogP contribution in [0.4, 0.5) is 5.69 Å². The SMILES string of the molecule is O=C([O-])CCCCCn1c(O)c(/C=C2\C=Nc3ccccc32)sc1=S. The first-order chi connectivity index (χ1) is 12.1. The summed E-state index contributed by atoms with van der Waals surface area (Å²) in [6.07, 6.45) is 5.84. The molecule has 1 N–H and O–H groups in total. The highest BCUT2D eigenvalue weighted by atomic mass is 32.1. The molecule has 0 amide bonds. The van der Waals surface area contributed by atoms with Gasteiger partial charge in [0.05, 0.1) is 10.6 Å². The van der Waals surface area contributed by atoms with Crippen molar-refractivity contribution in [3.8, 4) is 5.88 Å². The van der Waals surface area contributed by atoms with Gasteiger partial charge >= 0.3 is 0 Å². The normalized spacial score (nSPS) is 14.2. The molecule has 5 nitrogen and oxygen atoms in total. The van der Waals surface area contributed by atoms with Gasteiger partial charge in [-0.1, -0.05) is 24.6 Å². The third-order valence-electron chi connectivity index (χ3n) is 4.00. The predicted molar refractivity (Wildman–Crippen MR) is 101 cm³/mol. The Balaban J connectivity index is 1.73. The van der Waals surface area contributed by atoms with Gasteiger partial charge in [-0.25, -0.2) is 0 Å². The molecule has 2 aromatic rings. The Morgan fingerprint density at radius 2 is 2.12 bits per heavy atom. The zero-order chi connectivity index (χ0) is 17.8. The van der Waals surface area contributed by atoms with Crippen LogP contribution < -0.4 is 5.11 Å². The minimum atomic E-state index is -1.03. The highest BCUT2D eigenvalue weighted by Crippen LogP contribution is 2.35. The molecule has 0 saturated heterocycles. The molecule has 2 heterocycles. The maximum absolute atomic E-state index is 10.5. The number of thiazole rings is 1. The van der Waals surface area contributed by atoms with E-state index >= 15 is 0 Å². The van der Waals surface area contributed by atoms with Crippen LogP contribution in [0.15, 0.2) is 29.3 Å². The fraction of sp³-hybridized carbons (Fsp3) is 0.278. The van der Waals surface area contributed by atoms with Gasteiger partial charge in [0.2, 0.25) is 5.88 Å². The van der Waals surface area contributed by atoms with E-state index in [1.165, 1.54) is 11.3 Å². The molecule has 0 radical (unpaired) electrons. The van der Waals surface area contributed by atoms with Gasteiger partial charge in [0.1, 0.15) is 0 Å². The van der Waals surface area contributed by atoms with Gasteiger partial charge in [0, 0.05) is 29.9 Å². The summed E-state index contributed by atoms with van der Waals surface area (Å²) < 4.78 is 2.30. The van der Waals surface area contributed by atoms with Gasteiger partial charge in [0.25, 0.3) is 0 Å². The van der Waals surface area contributed by atoms with Gasteiger partial charge in [-0.05, 0) is 43.6 Å². The summed E-state index contributed by atoms with van der Waals surface area (Å²) in [5.74, 6) is -0.873. The number of carboxylic acids is 1. The van der Waals surface area contributed by atoms with E-state index in [0.717, 1.165) is 29.7 Å². The summed E-state index contributed by atoms with van der Waals surface area (Å²) in [4.78, 5) is 15.5. The number of fused-ring (bicyclic) bond motifs is 1. The smallest absolute Gasteiger partial charge is 0.210 e. The molecule has 0 unspecified atom stereocenters. The van der Waals surface area contributed by atoms with Crippen molar-refractivity contribution in [2.45, 2.75) is 32.2 Å². The van der Waals surface area contributed by atoms with Crippen molar-refractivity contribution in [3.05, 3.63) is 38.7 Å². The lowest BCUT2D eigenvalue weighted by molar-refractivity contribution is -0.305. The zero-order valence-corrected chi connectivity index (χ0v) is 15.1. The van der Waals surface area contributed by atoms with Crippen LogP contribution >= 0.6 is 23.6 Å². The minimum Gasteiger partial charge on any atom is -0.550 e. The van der Waals surface area contributed by atoms with Gasteiger partial charge in [0.15, 0.2) is 3.95 Å². The van der Waals surface area contributed by atoms with Crippen LogP contribution in [0, 0.1) is 3.95 Å². The molecule has 7 heteroatoms. The number of carbonyl (C=O) groups excluding carboxylic acids is 1. The Morgan fingerprint density at radius 1 is 1.32 bits per heavy atom. The number of carboxylic acid groups (broad SMARTS) is 1. The van der Waals surface area contributed by atoms with Gasteiger partial charge < -0.3 is 15.0 Å². The number of nitrogens with zero attached hydrogens (tertiary/aromatic N) is 2. The largest absolute Gasteiger partial charge is 0.550 e. The van der Waals surface area contributed by atoms with E-state index in [1.807, 2.05) is 30.3 Å². The van der Waals surface area contributed by atoms with E-state index in [-0.39, 0.29) is 12.3 Å². The van der Waals surface area contributed by atoms with Crippen molar-refractivity contribution in [1.29, 1.82) is 0 Å². The van der Waals surface area contributed by atoms with Crippen molar-refractivity contribution in [2.75, 3.05) is 0 Å². The Morgan fingerprint density at radius 3 is 2.92 bits per heavy atom. The van der Waals surface area contributed by atoms with Crippen molar-refractivity contribution in [1.82, 2.24) is 4.57 Å². The molecule has 1 aromatic heterocycles. The lowest BCUT2D eigenvalue weighted by atomic mass is 10.1. The number of allylic oxidation sites excluding steroid dienone is 1. The van der Waals surface area contributed by atoms with Crippen LogP contribution in [0.2, 0.25) is 0 Å². The molecular weight excluding hydrogens is 356 g/mol. The summed E-state index contributed by atoms with van der Waals surface area (Å²) in [7, 11) is 0. The molecule has 25 heavy (non-hydrogen) atoms. The van der Waals surface area contributed by atoms with Crippen LogP contribution in [0.25, 0.3) is 11.6 Å². The fourth-order valence-electron chi connectivity index (χ4n) is 2.72. The van der Waals surface area contributed by atoms with Crippen molar-refractivity contribution >= 4 is 53.1 Å². The summed E-state index contributed by atoms with van der Waals surface area (Å²) in [5, 5.41) is 20.9. The van der Waals surface area contributed by atoms with Crippen molar-refractivity contribution < 1.29 is 15.0 Å². The number of para-hydroxylation sites is 1. The Bertz CT molecular complexity index is 909. The zero-order valence-electron chi connectivity index (χ0n) is 13.5. The van der Waals surface area contributed by atoms with E-state index in [9.17, 15) is 15.0 Å². The molecule has 1 aliphatic rings. The quantitative estimate of drug-likeness (QED) is 0.595. The highest BCUT2D eigenvalue weighted by Gasteiger charge is 2.15. The minimum absolute atomic E-state index is 0.0666.